The lowest BCUT2D eigenvalue weighted by atomic mass is 10.0. The Morgan fingerprint density at radius 3 is 2.59 bits per heavy atom. The van der Waals surface area contributed by atoms with Crippen LogP contribution in [0.25, 0.3) is 0 Å². The first-order chi connectivity index (χ1) is 8.04. The number of para-hydroxylation sites is 1. The highest BCUT2D eigenvalue weighted by Crippen LogP contribution is 2.16. The minimum atomic E-state index is -1.04. The summed E-state index contributed by atoms with van der Waals surface area (Å²) in [6.45, 7) is 4.01. The molecule has 1 atom stereocenters. The molecular formula is C13H17NO3. The molecule has 1 unspecified atom stereocenters. The average molecular weight is 235 g/mol. The highest BCUT2D eigenvalue weighted by molar-refractivity contribution is 6.00. The predicted molar refractivity (Wildman–Crippen MR) is 66.1 cm³/mol. The van der Waals surface area contributed by atoms with Crippen molar-refractivity contribution in [2.45, 2.75) is 26.7 Å². The topological polar surface area (TPSA) is 66.4 Å². The summed E-state index contributed by atoms with van der Waals surface area (Å²) < 4.78 is 0. The fraction of sp³-hybridized carbons (Fsp3) is 0.385. The fourth-order valence-corrected chi connectivity index (χ4v) is 1.44. The Labute approximate surface area is 101 Å². The molecule has 0 heterocycles. The lowest BCUT2D eigenvalue weighted by Crippen LogP contribution is -2.16. The van der Waals surface area contributed by atoms with Gasteiger partial charge in [-0.2, -0.15) is 0 Å². The van der Waals surface area contributed by atoms with E-state index in [0.717, 1.165) is 6.42 Å². The van der Waals surface area contributed by atoms with Crippen molar-refractivity contribution in [3.8, 4) is 0 Å². The number of benzene rings is 1. The van der Waals surface area contributed by atoms with Crippen LogP contribution < -0.4 is 5.32 Å². The molecule has 0 saturated heterocycles. The van der Waals surface area contributed by atoms with Crippen LogP contribution in [-0.4, -0.2) is 17.0 Å². The molecule has 92 valence electrons. The molecule has 2 N–H and O–H groups in total. The van der Waals surface area contributed by atoms with E-state index in [1.54, 1.807) is 18.2 Å². The Morgan fingerprint density at radius 1 is 1.35 bits per heavy atom. The highest BCUT2D eigenvalue weighted by atomic mass is 16.4. The molecular weight excluding hydrogens is 218 g/mol. The van der Waals surface area contributed by atoms with Gasteiger partial charge in [-0.1, -0.05) is 32.4 Å². The minimum Gasteiger partial charge on any atom is -0.478 e. The van der Waals surface area contributed by atoms with Gasteiger partial charge in [0.25, 0.3) is 0 Å². The van der Waals surface area contributed by atoms with E-state index in [2.05, 4.69) is 5.32 Å². The second kappa shape index (κ2) is 6.03. The molecule has 0 aliphatic rings. The largest absolute Gasteiger partial charge is 0.478 e. The molecule has 1 aromatic carbocycles. The zero-order valence-electron chi connectivity index (χ0n) is 10.1. The number of carbonyl (C=O) groups excluding carboxylic acids is 1. The van der Waals surface area contributed by atoms with Gasteiger partial charge < -0.3 is 10.4 Å². The second-order valence-electron chi connectivity index (χ2n) is 4.12. The molecule has 4 nitrogen and oxygen atoms in total. The van der Waals surface area contributed by atoms with Crippen LogP contribution in [0.5, 0.6) is 0 Å². The number of hydrogen-bond donors (Lipinski definition) is 2. The summed E-state index contributed by atoms with van der Waals surface area (Å²) in [5.74, 6) is -0.885. The number of aromatic carboxylic acids is 1. The van der Waals surface area contributed by atoms with Crippen LogP contribution in [0.3, 0.4) is 0 Å². The van der Waals surface area contributed by atoms with E-state index in [4.69, 9.17) is 5.11 Å². The molecule has 0 bridgehead atoms. The summed E-state index contributed by atoms with van der Waals surface area (Å²) in [6, 6.07) is 6.40. The third-order valence-corrected chi connectivity index (χ3v) is 2.66. The van der Waals surface area contributed by atoms with Gasteiger partial charge in [-0.3, -0.25) is 4.79 Å². The molecule has 0 aromatic heterocycles. The van der Waals surface area contributed by atoms with Gasteiger partial charge >= 0.3 is 5.97 Å². The molecule has 1 aromatic rings. The summed E-state index contributed by atoms with van der Waals surface area (Å²) >= 11 is 0. The van der Waals surface area contributed by atoms with Crippen molar-refractivity contribution in [1.29, 1.82) is 0 Å². The zero-order valence-corrected chi connectivity index (χ0v) is 10.1. The Kier molecular flexibility index (Phi) is 4.69. The Bertz CT molecular complexity index is 415. The first-order valence-corrected chi connectivity index (χ1v) is 5.66. The summed E-state index contributed by atoms with van der Waals surface area (Å²) in [5.41, 5.74) is 0.471. The quantitative estimate of drug-likeness (QED) is 0.824. The van der Waals surface area contributed by atoms with E-state index >= 15 is 0 Å². The normalized spacial score (nSPS) is 11.9. The van der Waals surface area contributed by atoms with Crippen molar-refractivity contribution in [2.75, 3.05) is 5.32 Å². The van der Waals surface area contributed by atoms with E-state index < -0.39 is 5.97 Å². The number of nitrogens with one attached hydrogen (secondary N) is 1. The molecule has 4 heteroatoms. The zero-order chi connectivity index (χ0) is 12.8. The monoisotopic (exact) mass is 235 g/mol. The molecule has 0 spiro atoms. The summed E-state index contributed by atoms with van der Waals surface area (Å²) in [4.78, 5) is 22.6. The van der Waals surface area contributed by atoms with Crippen molar-refractivity contribution in [2.24, 2.45) is 5.92 Å². The standard InChI is InChI=1S/C13H17NO3/c1-3-9(2)8-12(15)14-11-7-5-4-6-10(11)13(16)17/h4-7,9H,3,8H2,1-2H3,(H,14,15)(H,16,17). The molecule has 17 heavy (non-hydrogen) atoms. The maximum atomic E-state index is 11.7. The van der Waals surface area contributed by atoms with Gasteiger partial charge in [0.1, 0.15) is 0 Å². The fourth-order valence-electron chi connectivity index (χ4n) is 1.44. The van der Waals surface area contributed by atoms with Crippen molar-refractivity contribution in [1.82, 2.24) is 0 Å². The lowest BCUT2D eigenvalue weighted by Gasteiger charge is -2.10. The summed E-state index contributed by atoms with van der Waals surface area (Å²) in [6.07, 6.45) is 1.33. The van der Waals surface area contributed by atoms with Gasteiger partial charge in [-0.25, -0.2) is 4.79 Å². The number of anilines is 1. The van der Waals surface area contributed by atoms with Crippen LogP contribution in [0.2, 0.25) is 0 Å². The van der Waals surface area contributed by atoms with Gasteiger partial charge in [0.05, 0.1) is 11.3 Å². The number of hydrogen-bond acceptors (Lipinski definition) is 2. The van der Waals surface area contributed by atoms with Crippen LogP contribution in [0.15, 0.2) is 24.3 Å². The third kappa shape index (κ3) is 3.90. The van der Waals surface area contributed by atoms with Crippen molar-refractivity contribution < 1.29 is 14.7 Å². The highest BCUT2D eigenvalue weighted by Gasteiger charge is 2.12. The van der Waals surface area contributed by atoms with E-state index in [1.807, 2.05) is 13.8 Å². The number of carbonyl (C=O) groups is 2. The lowest BCUT2D eigenvalue weighted by molar-refractivity contribution is -0.117. The van der Waals surface area contributed by atoms with Gasteiger partial charge in [0.2, 0.25) is 5.91 Å². The average Bonchev–Trinajstić information content (AvgIpc) is 2.29. The number of carboxylic acids is 1. The number of rotatable bonds is 5. The van der Waals surface area contributed by atoms with E-state index in [9.17, 15) is 9.59 Å². The predicted octanol–water partition coefficient (Wildman–Crippen LogP) is 2.76. The van der Waals surface area contributed by atoms with Gasteiger partial charge in [-0.05, 0) is 18.1 Å². The van der Waals surface area contributed by atoms with Crippen LogP contribution in [0.4, 0.5) is 5.69 Å². The Hall–Kier alpha value is -1.84. The maximum absolute atomic E-state index is 11.7. The molecule has 0 fully saturated rings. The summed E-state index contributed by atoms with van der Waals surface area (Å²) in [5, 5.41) is 11.6. The molecule has 0 saturated carbocycles. The number of carboxylic acid groups (broad SMARTS) is 1. The van der Waals surface area contributed by atoms with Crippen molar-refractivity contribution in [3.05, 3.63) is 29.8 Å². The van der Waals surface area contributed by atoms with Crippen LogP contribution >= 0.6 is 0 Å². The SMILES string of the molecule is CCC(C)CC(=O)Nc1ccccc1C(=O)O. The first-order valence-electron chi connectivity index (χ1n) is 5.66. The molecule has 0 aliphatic carbocycles. The Balaban J connectivity index is 2.74. The third-order valence-electron chi connectivity index (χ3n) is 2.66. The molecule has 0 aliphatic heterocycles. The summed E-state index contributed by atoms with van der Waals surface area (Å²) in [7, 11) is 0. The van der Waals surface area contributed by atoms with Crippen LogP contribution in [0, 0.1) is 5.92 Å². The van der Waals surface area contributed by atoms with Gasteiger partial charge in [0.15, 0.2) is 0 Å². The van der Waals surface area contributed by atoms with Crippen LogP contribution in [-0.2, 0) is 4.79 Å². The smallest absolute Gasteiger partial charge is 0.337 e. The molecule has 1 amide bonds. The van der Waals surface area contributed by atoms with E-state index in [0.29, 0.717) is 18.0 Å². The maximum Gasteiger partial charge on any atom is 0.337 e. The molecule has 0 radical (unpaired) electrons. The minimum absolute atomic E-state index is 0.116. The second-order valence-corrected chi connectivity index (χ2v) is 4.12. The van der Waals surface area contributed by atoms with Gasteiger partial charge in [-0.15, -0.1) is 0 Å². The van der Waals surface area contributed by atoms with Crippen molar-refractivity contribution in [3.63, 3.8) is 0 Å². The van der Waals surface area contributed by atoms with Crippen molar-refractivity contribution >= 4 is 17.6 Å². The first kappa shape index (κ1) is 13.2. The van der Waals surface area contributed by atoms with Crippen LogP contribution in [0.1, 0.15) is 37.0 Å². The van der Waals surface area contributed by atoms with E-state index in [1.165, 1.54) is 6.07 Å². The molecule has 1 rings (SSSR count). The number of amides is 1. The van der Waals surface area contributed by atoms with Gasteiger partial charge in [0, 0.05) is 6.42 Å². The van der Waals surface area contributed by atoms with E-state index in [-0.39, 0.29) is 11.5 Å². The Morgan fingerprint density at radius 2 is 2.00 bits per heavy atom.